The largest absolute Gasteiger partial charge is 0.496 e. The lowest BCUT2D eigenvalue weighted by molar-refractivity contribution is -0.117. The molecule has 1 aliphatic heterocycles. The van der Waals surface area contributed by atoms with E-state index in [0.29, 0.717) is 28.9 Å². The van der Waals surface area contributed by atoms with Crippen LogP contribution in [0.4, 0.5) is 10.8 Å². The second-order valence-corrected chi connectivity index (χ2v) is 8.31. The number of nitrogens with zero attached hydrogens (tertiary/aromatic N) is 3. The van der Waals surface area contributed by atoms with Gasteiger partial charge in [-0.1, -0.05) is 41.1 Å². The summed E-state index contributed by atoms with van der Waals surface area (Å²) >= 11 is 7.23. The quantitative estimate of drug-likeness (QED) is 0.625. The van der Waals surface area contributed by atoms with Gasteiger partial charge in [-0.05, 0) is 30.3 Å². The van der Waals surface area contributed by atoms with Crippen molar-refractivity contribution < 1.29 is 14.3 Å². The highest BCUT2D eigenvalue weighted by Crippen LogP contribution is 2.34. The minimum atomic E-state index is -0.201. The maximum Gasteiger partial charge on any atom is 0.230 e. The molecule has 0 saturated carbocycles. The number of rotatable bonds is 6. The van der Waals surface area contributed by atoms with E-state index in [0.717, 1.165) is 16.3 Å². The number of hydrogen-bond donors (Lipinski definition) is 1. The molecule has 7 nitrogen and oxygen atoms in total. The van der Waals surface area contributed by atoms with Gasteiger partial charge >= 0.3 is 0 Å². The van der Waals surface area contributed by atoms with Crippen LogP contribution < -0.4 is 15.0 Å². The first-order valence-corrected chi connectivity index (χ1v) is 10.5. The molecule has 4 rings (SSSR count). The van der Waals surface area contributed by atoms with Crippen LogP contribution in [0.3, 0.4) is 0 Å². The summed E-state index contributed by atoms with van der Waals surface area (Å²) in [6.45, 7) is 0.518. The van der Waals surface area contributed by atoms with Crippen molar-refractivity contribution in [1.82, 2.24) is 10.2 Å². The number of anilines is 2. The molecular weight excluding hydrogens is 424 g/mol. The number of aromatic nitrogens is 2. The second kappa shape index (κ2) is 8.81. The van der Waals surface area contributed by atoms with Crippen LogP contribution in [0.25, 0.3) is 0 Å². The molecule has 1 fully saturated rings. The van der Waals surface area contributed by atoms with Crippen molar-refractivity contribution in [3.8, 4) is 5.75 Å². The third-order valence-corrected chi connectivity index (χ3v) is 6.10. The molecule has 2 heterocycles. The third-order valence-electron chi connectivity index (χ3n) is 4.84. The molecule has 0 aliphatic carbocycles. The van der Waals surface area contributed by atoms with Gasteiger partial charge in [0.2, 0.25) is 16.9 Å². The summed E-state index contributed by atoms with van der Waals surface area (Å²) < 4.78 is 5.28. The number of nitrogens with one attached hydrogen (secondary N) is 1. The van der Waals surface area contributed by atoms with Crippen molar-refractivity contribution in [2.24, 2.45) is 0 Å². The van der Waals surface area contributed by atoms with E-state index >= 15 is 0 Å². The van der Waals surface area contributed by atoms with Crippen molar-refractivity contribution >= 4 is 45.6 Å². The Hall–Kier alpha value is -2.97. The number of amides is 2. The fourth-order valence-electron chi connectivity index (χ4n) is 3.38. The molecule has 1 aromatic heterocycles. The lowest BCUT2D eigenvalue weighted by Crippen LogP contribution is -2.24. The van der Waals surface area contributed by atoms with E-state index in [1.165, 1.54) is 11.3 Å². The molecule has 1 saturated heterocycles. The average molecular weight is 443 g/mol. The number of para-hydroxylation sites is 1. The van der Waals surface area contributed by atoms with Gasteiger partial charge in [-0.3, -0.25) is 9.59 Å². The third kappa shape index (κ3) is 4.44. The summed E-state index contributed by atoms with van der Waals surface area (Å²) in [5.74, 6) is 0.426. The normalized spacial score (nSPS) is 16.0. The van der Waals surface area contributed by atoms with Crippen molar-refractivity contribution in [1.29, 1.82) is 0 Å². The van der Waals surface area contributed by atoms with Crippen LogP contribution in [0.2, 0.25) is 5.02 Å². The number of methoxy groups -OCH3 is 1. The Balaban J connectivity index is 1.40. The lowest BCUT2D eigenvalue weighted by Gasteiger charge is -2.16. The number of hydrogen-bond acceptors (Lipinski definition) is 6. The zero-order valence-electron chi connectivity index (χ0n) is 16.2. The van der Waals surface area contributed by atoms with Gasteiger partial charge in [-0.25, -0.2) is 0 Å². The molecule has 2 aromatic carbocycles. The van der Waals surface area contributed by atoms with Crippen molar-refractivity contribution in [2.45, 2.75) is 18.8 Å². The first kappa shape index (κ1) is 20.3. The molecule has 9 heteroatoms. The van der Waals surface area contributed by atoms with Gasteiger partial charge in [0.05, 0.1) is 13.5 Å². The molecular formula is C21H19ClN4O3S. The molecule has 1 aliphatic rings. The van der Waals surface area contributed by atoms with E-state index in [2.05, 4.69) is 15.5 Å². The highest BCUT2D eigenvalue weighted by Gasteiger charge is 2.34. The monoisotopic (exact) mass is 442 g/mol. The zero-order chi connectivity index (χ0) is 21.1. The SMILES string of the molecule is COc1ccccc1CC(=O)Nc1nnc(C2CC(=O)N(c3ccc(Cl)cc3)C2)s1. The first-order valence-electron chi connectivity index (χ1n) is 9.34. The minimum absolute atomic E-state index is 0.0271. The lowest BCUT2D eigenvalue weighted by atomic mass is 10.1. The number of benzene rings is 2. The smallest absolute Gasteiger partial charge is 0.230 e. The zero-order valence-corrected chi connectivity index (χ0v) is 17.7. The number of ether oxygens (including phenoxy) is 1. The van der Waals surface area contributed by atoms with E-state index in [1.807, 2.05) is 36.4 Å². The van der Waals surface area contributed by atoms with Crippen LogP contribution >= 0.6 is 22.9 Å². The minimum Gasteiger partial charge on any atom is -0.496 e. The molecule has 1 atom stereocenters. The predicted octanol–water partition coefficient (Wildman–Crippen LogP) is 3.90. The Morgan fingerprint density at radius 3 is 2.77 bits per heavy atom. The van der Waals surface area contributed by atoms with Crippen LogP contribution in [0.1, 0.15) is 22.9 Å². The molecule has 30 heavy (non-hydrogen) atoms. The van der Waals surface area contributed by atoms with Crippen LogP contribution in [-0.2, 0) is 16.0 Å². The average Bonchev–Trinajstić information content (AvgIpc) is 3.35. The van der Waals surface area contributed by atoms with Gasteiger partial charge in [0, 0.05) is 35.2 Å². The van der Waals surface area contributed by atoms with Gasteiger partial charge in [0.25, 0.3) is 0 Å². The number of carbonyl (C=O) groups is 2. The maximum atomic E-state index is 12.5. The van der Waals surface area contributed by atoms with E-state index in [1.54, 1.807) is 24.1 Å². The Labute approximate surface area is 182 Å². The van der Waals surface area contributed by atoms with Gasteiger partial charge in [-0.15, -0.1) is 10.2 Å². The first-order chi connectivity index (χ1) is 14.5. The van der Waals surface area contributed by atoms with Gasteiger partial charge in [-0.2, -0.15) is 0 Å². The summed E-state index contributed by atoms with van der Waals surface area (Å²) in [5.41, 5.74) is 1.60. The fraction of sp³-hybridized carbons (Fsp3) is 0.238. The highest BCUT2D eigenvalue weighted by molar-refractivity contribution is 7.15. The van der Waals surface area contributed by atoms with E-state index in [4.69, 9.17) is 16.3 Å². The standard InChI is InChI=1S/C21H19ClN4O3S/c1-29-17-5-3-2-4-13(17)10-18(27)23-21-25-24-20(30-21)14-11-19(28)26(12-14)16-8-6-15(22)7-9-16/h2-9,14H,10-12H2,1H3,(H,23,25,27). The Morgan fingerprint density at radius 2 is 2.00 bits per heavy atom. The molecule has 154 valence electrons. The summed E-state index contributed by atoms with van der Waals surface area (Å²) in [6, 6.07) is 14.5. The second-order valence-electron chi connectivity index (χ2n) is 6.86. The van der Waals surface area contributed by atoms with Crippen molar-refractivity contribution in [3.05, 3.63) is 64.1 Å². The Morgan fingerprint density at radius 1 is 1.23 bits per heavy atom. The van der Waals surface area contributed by atoms with Crippen LogP contribution in [0, 0.1) is 0 Å². The summed E-state index contributed by atoms with van der Waals surface area (Å²) in [4.78, 5) is 26.6. The molecule has 2 amide bonds. The molecule has 1 unspecified atom stereocenters. The highest BCUT2D eigenvalue weighted by atomic mass is 35.5. The number of halogens is 1. The van der Waals surface area contributed by atoms with Crippen LogP contribution in [-0.4, -0.2) is 35.7 Å². The summed E-state index contributed by atoms with van der Waals surface area (Å²) in [5, 5.41) is 12.8. The predicted molar refractivity (Wildman–Crippen MR) is 116 cm³/mol. The van der Waals surface area contributed by atoms with Gasteiger partial charge < -0.3 is 15.0 Å². The van der Waals surface area contributed by atoms with E-state index in [-0.39, 0.29) is 24.2 Å². The number of carbonyl (C=O) groups excluding carboxylic acids is 2. The molecule has 1 N–H and O–H groups in total. The van der Waals surface area contributed by atoms with Gasteiger partial charge in [0.15, 0.2) is 0 Å². The molecule has 0 bridgehead atoms. The molecule has 0 spiro atoms. The van der Waals surface area contributed by atoms with Crippen LogP contribution in [0.15, 0.2) is 48.5 Å². The fourth-order valence-corrected chi connectivity index (χ4v) is 4.36. The van der Waals surface area contributed by atoms with E-state index in [9.17, 15) is 9.59 Å². The maximum absolute atomic E-state index is 12.5. The van der Waals surface area contributed by atoms with Gasteiger partial charge in [0.1, 0.15) is 10.8 Å². The van der Waals surface area contributed by atoms with Crippen molar-refractivity contribution in [3.63, 3.8) is 0 Å². The topological polar surface area (TPSA) is 84.4 Å². The Bertz CT molecular complexity index is 1070. The summed E-state index contributed by atoms with van der Waals surface area (Å²) in [6.07, 6.45) is 0.525. The van der Waals surface area contributed by atoms with Crippen LogP contribution in [0.5, 0.6) is 5.75 Å². The Kier molecular flexibility index (Phi) is 5.96. The summed E-state index contributed by atoms with van der Waals surface area (Å²) in [7, 11) is 1.57. The molecule has 3 aromatic rings. The van der Waals surface area contributed by atoms with E-state index < -0.39 is 0 Å². The molecule has 0 radical (unpaired) electrons. The van der Waals surface area contributed by atoms with Crippen molar-refractivity contribution in [2.75, 3.05) is 23.9 Å².